The lowest BCUT2D eigenvalue weighted by Crippen LogP contribution is -2.38. The van der Waals surface area contributed by atoms with E-state index in [9.17, 15) is 0 Å². The molecule has 6 nitrogen and oxygen atoms in total. The average molecular weight is 348 g/mol. The van der Waals surface area contributed by atoms with E-state index in [1.807, 2.05) is 32.2 Å². The minimum atomic E-state index is 0.646. The van der Waals surface area contributed by atoms with E-state index in [1.54, 1.807) is 32.6 Å². The van der Waals surface area contributed by atoms with Crippen molar-refractivity contribution >= 4 is 17.3 Å². The highest BCUT2D eigenvalue weighted by molar-refractivity contribution is 7.09. The summed E-state index contributed by atoms with van der Waals surface area (Å²) in [5.74, 6) is 2.26. The van der Waals surface area contributed by atoms with Crippen molar-refractivity contribution < 1.29 is 9.47 Å². The van der Waals surface area contributed by atoms with Crippen LogP contribution in [0.2, 0.25) is 0 Å². The Kier molecular flexibility index (Phi) is 6.43. The molecule has 0 amide bonds. The van der Waals surface area contributed by atoms with Crippen molar-refractivity contribution in [1.29, 1.82) is 0 Å². The zero-order valence-electron chi connectivity index (χ0n) is 14.8. The van der Waals surface area contributed by atoms with Crippen molar-refractivity contribution in [2.24, 2.45) is 4.99 Å². The Hall–Kier alpha value is -2.28. The molecule has 0 unspecified atom stereocenters. The van der Waals surface area contributed by atoms with E-state index in [0.717, 1.165) is 40.3 Å². The highest BCUT2D eigenvalue weighted by Gasteiger charge is 2.10. The number of hydrogen-bond donors (Lipinski definition) is 1. The fourth-order valence-electron chi connectivity index (χ4n) is 2.36. The first kappa shape index (κ1) is 18.1. The van der Waals surface area contributed by atoms with Gasteiger partial charge in [-0.05, 0) is 24.6 Å². The fraction of sp³-hybridized carbons (Fsp3) is 0.412. The first-order valence-corrected chi connectivity index (χ1v) is 8.49. The van der Waals surface area contributed by atoms with E-state index in [1.165, 1.54) is 0 Å². The van der Waals surface area contributed by atoms with Crippen LogP contribution in [0.4, 0.5) is 0 Å². The first-order chi connectivity index (χ1) is 11.6. The van der Waals surface area contributed by atoms with Crippen LogP contribution in [0, 0.1) is 6.92 Å². The van der Waals surface area contributed by atoms with Crippen molar-refractivity contribution in [2.45, 2.75) is 20.0 Å². The summed E-state index contributed by atoms with van der Waals surface area (Å²) in [6.45, 7) is 3.38. The molecule has 0 spiro atoms. The molecule has 0 fully saturated rings. The van der Waals surface area contributed by atoms with Gasteiger partial charge in [0.1, 0.15) is 0 Å². The molecule has 0 saturated heterocycles. The second kappa shape index (κ2) is 8.54. The van der Waals surface area contributed by atoms with Gasteiger partial charge in [0.2, 0.25) is 0 Å². The molecule has 1 aromatic carbocycles. The number of rotatable bonds is 6. The smallest absolute Gasteiger partial charge is 0.194 e. The van der Waals surface area contributed by atoms with Crippen molar-refractivity contribution in [2.75, 3.05) is 28.3 Å². The van der Waals surface area contributed by atoms with E-state index in [4.69, 9.17) is 9.47 Å². The summed E-state index contributed by atoms with van der Waals surface area (Å²) in [6.07, 6.45) is 0. The monoisotopic (exact) mass is 348 g/mol. The molecule has 1 heterocycles. The summed E-state index contributed by atoms with van der Waals surface area (Å²) < 4.78 is 10.6. The van der Waals surface area contributed by atoms with Crippen LogP contribution >= 0.6 is 11.3 Å². The van der Waals surface area contributed by atoms with E-state index in [2.05, 4.69) is 25.6 Å². The molecule has 0 bridgehead atoms. The number of nitrogens with one attached hydrogen (secondary N) is 1. The molecule has 0 atom stereocenters. The lowest BCUT2D eigenvalue weighted by molar-refractivity contribution is 0.354. The zero-order chi connectivity index (χ0) is 17.5. The van der Waals surface area contributed by atoms with Gasteiger partial charge in [-0.3, -0.25) is 4.99 Å². The van der Waals surface area contributed by atoms with Crippen molar-refractivity contribution in [3.05, 3.63) is 39.8 Å². The molecule has 7 heteroatoms. The number of aliphatic imine (C=N–C) groups is 1. The van der Waals surface area contributed by atoms with Crippen LogP contribution in [-0.2, 0) is 13.1 Å². The highest BCUT2D eigenvalue weighted by atomic mass is 32.1. The number of aryl methyl sites for hydroxylation is 1. The van der Waals surface area contributed by atoms with E-state index in [-0.39, 0.29) is 0 Å². The number of thiazole rings is 1. The number of guanidine groups is 1. The molecule has 1 N–H and O–H groups in total. The number of aromatic nitrogens is 1. The Morgan fingerprint density at radius 1 is 1.29 bits per heavy atom. The Morgan fingerprint density at radius 3 is 2.62 bits per heavy atom. The maximum atomic E-state index is 5.34. The van der Waals surface area contributed by atoms with Crippen LogP contribution in [-0.4, -0.2) is 44.2 Å². The van der Waals surface area contributed by atoms with Crippen LogP contribution in [0.3, 0.4) is 0 Å². The Balaban J connectivity index is 1.98. The molecule has 24 heavy (non-hydrogen) atoms. The summed E-state index contributed by atoms with van der Waals surface area (Å²) in [5.41, 5.74) is 2.14. The van der Waals surface area contributed by atoms with Crippen molar-refractivity contribution in [3.8, 4) is 11.5 Å². The third-order valence-electron chi connectivity index (χ3n) is 3.54. The first-order valence-electron chi connectivity index (χ1n) is 7.61. The predicted octanol–water partition coefficient (Wildman–Crippen LogP) is 2.68. The molecule has 2 rings (SSSR count). The average Bonchev–Trinajstić information content (AvgIpc) is 2.99. The van der Waals surface area contributed by atoms with E-state index in [0.29, 0.717) is 6.54 Å². The van der Waals surface area contributed by atoms with Gasteiger partial charge in [-0.25, -0.2) is 4.98 Å². The summed E-state index contributed by atoms with van der Waals surface area (Å²) in [4.78, 5) is 10.9. The second-order valence-electron chi connectivity index (χ2n) is 5.30. The van der Waals surface area contributed by atoms with Gasteiger partial charge in [-0.15, -0.1) is 11.3 Å². The third kappa shape index (κ3) is 4.61. The second-order valence-corrected chi connectivity index (χ2v) is 6.37. The van der Waals surface area contributed by atoms with Crippen molar-refractivity contribution in [3.63, 3.8) is 0 Å². The Bertz CT molecular complexity index is 700. The molecule has 0 aliphatic heterocycles. The van der Waals surface area contributed by atoms with Crippen LogP contribution in [0.5, 0.6) is 11.5 Å². The fourth-order valence-corrected chi connectivity index (χ4v) is 2.96. The molecule has 0 aliphatic rings. The number of nitrogens with zero attached hydrogens (tertiary/aromatic N) is 3. The number of methoxy groups -OCH3 is 2. The standard InChI is InChI=1S/C17H24N4O2S/c1-12-20-14(11-24-12)10-21(3)17(18-2)19-9-13-6-7-15(22-4)16(8-13)23-5/h6-8,11H,9-10H2,1-5H3,(H,18,19). The Morgan fingerprint density at radius 2 is 2.04 bits per heavy atom. The molecule has 0 radical (unpaired) electrons. The molecule has 0 aliphatic carbocycles. The van der Waals surface area contributed by atoms with E-state index < -0.39 is 0 Å². The molecule has 130 valence electrons. The van der Waals surface area contributed by atoms with Gasteiger partial charge in [-0.1, -0.05) is 6.07 Å². The van der Waals surface area contributed by atoms with Gasteiger partial charge in [-0.2, -0.15) is 0 Å². The number of ether oxygens (including phenoxy) is 2. The lowest BCUT2D eigenvalue weighted by Gasteiger charge is -2.21. The van der Waals surface area contributed by atoms with Gasteiger partial charge in [0.25, 0.3) is 0 Å². The molecule has 1 aromatic heterocycles. The van der Waals surface area contributed by atoms with Crippen LogP contribution in [0.15, 0.2) is 28.6 Å². The molecular weight excluding hydrogens is 324 g/mol. The van der Waals surface area contributed by atoms with E-state index >= 15 is 0 Å². The lowest BCUT2D eigenvalue weighted by atomic mass is 10.2. The normalized spacial score (nSPS) is 11.3. The van der Waals surface area contributed by atoms with Gasteiger partial charge in [0.05, 0.1) is 31.5 Å². The van der Waals surface area contributed by atoms with Gasteiger partial charge < -0.3 is 19.7 Å². The summed E-state index contributed by atoms with van der Waals surface area (Å²) in [5, 5.41) is 6.51. The third-order valence-corrected chi connectivity index (χ3v) is 4.36. The predicted molar refractivity (Wildman–Crippen MR) is 98.1 cm³/mol. The largest absolute Gasteiger partial charge is 0.493 e. The van der Waals surface area contributed by atoms with Gasteiger partial charge in [0, 0.05) is 26.0 Å². The molecule has 0 saturated carbocycles. The number of benzene rings is 1. The van der Waals surface area contributed by atoms with Crippen molar-refractivity contribution in [1.82, 2.24) is 15.2 Å². The maximum Gasteiger partial charge on any atom is 0.194 e. The molecule has 2 aromatic rings. The summed E-state index contributed by atoms with van der Waals surface area (Å²) >= 11 is 1.66. The molecular formula is C17H24N4O2S. The van der Waals surface area contributed by atoms with Gasteiger partial charge in [0.15, 0.2) is 17.5 Å². The number of hydrogen-bond acceptors (Lipinski definition) is 5. The van der Waals surface area contributed by atoms with Crippen LogP contribution in [0.1, 0.15) is 16.3 Å². The quantitative estimate of drug-likeness (QED) is 0.642. The highest BCUT2D eigenvalue weighted by Crippen LogP contribution is 2.27. The SMILES string of the molecule is CN=C(NCc1ccc(OC)c(OC)c1)N(C)Cc1csc(C)n1. The zero-order valence-corrected chi connectivity index (χ0v) is 15.6. The topological polar surface area (TPSA) is 59.0 Å². The van der Waals surface area contributed by atoms with Gasteiger partial charge >= 0.3 is 0 Å². The minimum Gasteiger partial charge on any atom is -0.493 e. The Labute approximate surface area is 147 Å². The maximum absolute atomic E-state index is 5.34. The summed E-state index contributed by atoms with van der Waals surface area (Å²) in [7, 11) is 7.04. The van der Waals surface area contributed by atoms with Crippen LogP contribution in [0.25, 0.3) is 0 Å². The van der Waals surface area contributed by atoms with Crippen LogP contribution < -0.4 is 14.8 Å². The summed E-state index contributed by atoms with van der Waals surface area (Å²) in [6, 6.07) is 5.87. The minimum absolute atomic E-state index is 0.646.